The molecule has 1 aliphatic heterocycles. The molecule has 1 saturated heterocycles. The van der Waals surface area contributed by atoms with Crippen LogP contribution >= 0.6 is 0 Å². The Kier molecular flexibility index (Phi) is 6.13. The smallest absolute Gasteiger partial charge is 0.227 e. The van der Waals surface area contributed by atoms with Crippen LogP contribution in [0, 0.1) is 5.82 Å². The van der Waals surface area contributed by atoms with Crippen molar-refractivity contribution in [3.8, 4) is 0 Å². The predicted molar refractivity (Wildman–Crippen MR) is 109 cm³/mol. The number of halogens is 1. The molecule has 0 aliphatic carbocycles. The predicted octanol–water partition coefficient (Wildman–Crippen LogP) is 1.96. The number of amides is 1. The summed E-state index contributed by atoms with van der Waals surface area (Å²) in [5.74, 6) is 0.306. The molecule has 156 valence electrons. The molecule has 8 nitrogen and oxygen atoms in total. The summed E-state index contributed by atoms with van der Waals surface area (Å²) in [5.41, 5.74) is 1.30. The number of nitrogens with one attached hydrogen (secondary N) is 1. The molecule has 1 atom stereocenters. The van der Waals surface area contributed by atoms with Gasteiger partial charge in [-0.2, -0.15) is 4.31 Å². The molecule has 1 amide bonds. The van der Waals surface area contributed by atoms with Gasteiger partial charge in [0.1, 0.15) is 17.5 Å². The number of aromatic nitrogens is 2. The van der Waals surface area contributed by atoms with Crippen LogP contribution in [-0.2, 0) is 21.4 Å². The number of hydrogen-bond acceptors (Lipinski definition) is 6. The van der Waals surface area contributed by atoms with Gasteiger partial charge in [0.2, 0.25) is 15.9 Å². The van der Waals surface area contributed by atoms with Crippen molar-refractivity contribution in [2.45, 2.75) is 25.8 Å². The summed E-state index contributed by atoms with van der Waals surface area (Å²) in [7, 11) is -0.160. The van der Waals surface area contributed by atoms with Gasteiger partial charge in [-0.25, -0.2) is 22.8 Å². The molecule has 3 rings (SSSR count). The van der Waals surface area contributed by atoms with Crippen molar-refractivity contribution < 1.29 is 17.6 Å². The minimum absolute atomic E-state index is 0.00810. The van der Waals surface area contributed by atoms with Gasteiger partial charge in [-0.3, -0.25) is 4.79 Å². The first-order valence-corrected chi connectivity index (χ1v) is 10.9. The van der Waals surface area contributed by atoms with Crippen molar-refractivity contribution in [1.29, 1.82) is 0 Å². The van der Waals surface area contributed by atoms with Crippen molar-refractivity contribution in [1.82, 2.24) is 14.3 Å². The molecule has 0 spiro atoms. The largest absolute Gasteiger partial charge is 0.373 e. The monoisotopic (exact) mass is 421 g/mol. The van der Waals surface area contributed by atoms with Gasteiger partial charge < -0.3 is 10.2 Å². The molecule has 1 fully saturated rings. The Labute approximate surface area is 169 Å². The van der Waals surface area contributed by atoms with E-state index in [1.807, 2.05) is 0 Å². The summed E-state index contributed by atoms with van der Waals surface area (Å²) in [6, 6.07) is 7.56. The summed E-state index contributed by atoms with van der Waals surface area (Å²) in [4.78, 5) is 23.0. The van der Waals surface area contributed by atoms with Crippen molar-refractivity contribution in [3.05, 3.63) is 47.7 Å². The Bertz CT molecular complexity index is 997. The minimum atomic E-state index is -3.37. The first-order chi connectivity index (χ1) is 13.7. The highest BCUT2D eigenvalue weighted by Gasteiger charge is 2.33. The third-order valence-corrected chi connectivity index (χ3v) is 6.74. The second-order valence-electron chi connectivity index (χ2n) is 6.88. The molecule has 2 heterocycles. The van der Waals surface area contributed by atoms with Crippen molar-refractivity contribution >= 4 is 27.4 Å². The number of rotatable bonds is 7. The molecule has 0 radical (unpaired) electrons. The van der Waals surface area contributed by atoms with Crippen molar-refractivity contribution in [2.24, 2.45) is 0 Å². The van der Waals surface area contributed by atoms with Crippen LogP contribution in [0.15, 0.2) is 30.3 Å². The average molecular weight is 421 g/mol. The number of sulfonamides is 1. The maximum absolute atomic E-state index is 13.2. The van der Waals surface area contributed by atoms with E-state index in [1.54, 1.807) is 37.1 Å². The van der Waals surface area contributed by atoms with Gasteiger partial charge in [0.25, 0.3) is 0 Å². The van der Waals surface area contributed by atoms with Gasteiger partial charge >= 0.3 is 0 Å². The quantitative estimate of drug-likeness (QED) is 0.734. The maximum atomic E-state index is 13.2. The number of carbonyl (C=O) groups is 1. The Balaban J connectivity index is 1.85. The number of hydrogen-bond donors (Lipinski definition) is 1. The fourth-order valence-corrected chi connectivity index (χ4v) is 3.97. The van der Waals surface area contributed by atoms with E-state index in [0.717, 1.165) is 0 Å². The third kappa shape index (κ3) is 4.70. The molecule has 0 saturated carbocycles. The lowest BCUT2D eigenvalue weighted by atomic mass is 10.0. The Morgan fingerprint density at radius 2 is 1.97 bits per heavy atom. The highest BCUT2D eigenvalue weighted by molar-refractivity contribution is 7.89. The summed E-state index contributed by atoms with van der Waals surface area (Å²) < 4.78 is 38.5. The van der Waals surface area contributed by atoms with E-state index in [4.69, 9.17) is 0 Å². The molecule has 1 aliphatic rings. The zero-order chi connectivity index (χ0) is 21.2. The fraction of sp³-hybridized carbons (Fsp3) is 0.421. The molecular weight excluding hydrogens is 397 g/mol. The van der Waals surface area contributed by atoms with E-state index in [2.05, 4.69) is 15.3 Å². The lowest BCUT2D eigenvalue weighted by molar-refractivity contribution is -0.117. The number of carbonyl (C=O) groups excluding carboxylic acids is 1. The van der Waals surface area contributed by atoms with Crippen LogP contribution in [0.5, 0.6) is 0 Å². The number of nitrogens with zero attached hydrogens (tertiary/aromatic N) is 4. The molecule has 10 heteroatoms. The van der Waals surface area contributed by atoms with Gasteiger partial charge in [-0.15, -0.1) is 0 Å². The molecule has 1 aromatic heterocycles. The van der Waals surface area contributed by atoms with E-state index in [-0.39, 0.29) is 36.4 Å². The summed E-state index contributed by atoms with van der Waals surface area (Å²) in [5, 5.41) is 2.96. The zero-order valence-electron chi connectivity index (χ0n) is 16.6. The van der Waals surface area contributed by atoms with Crippen LogP contribution in [0.2, 0.25) is 0 Å². The van der Waals surface area contributed by atoms with E-state index >= 15 is 0 Å². The molecule has 0 bridgehead atoms. The van der Waals surface area contributed by atoms with Crippen LogP contribution < -0.4 is 10.2 Å². The van der Waals surface area contributed by atoms with Gasteiger partial charge in [0.05, 0.1) is 18.0 Å². The van der Waals surface area contributed by atoms with Crippen LogP contribution in [0.4, 0.5) is 15.9 Å². The first-order valence-electron chi connectivity index (χ1n) is 9.29. The molecular formula is C19H24FN5O3S. The van der Waals surface area contributed by atoms with E-state index in [0.29, 0.717) is 29.6 Å². The van der Waals surface area contributed by atoms with E-state index in [9.17, 15) is 17.6 Å². The van der Waals surface area contributed by atoms with Crippen LogP contribution in [0.25, 0.3) is 0 Å². The highest BCUT2D eigenvalue weighted by Crippen LogP contribution is 2.31. The average Bonchev–Trinajstić information content (AvgIpc) is 3.10. The van der Waals surface area contributed by atoms with Crippen molar-refractivity contribution in [3.63, 3.8) is 0 Å². The minimum Gasteiger partial charge on any atom is -0.373 e. The molecule has 2 aromatic rings. The molecule has 29 heavy (non-hydrogen) atoms. The number of benzene rings is 1. The zero-order valence-corrected chi connectivity index (χ0v) is 17.4. The second kappa shape index (κ2) is 8.42. The third-order valence-electron chi connectivity index (χ3n) is 4.93. The lowest BCUT2D eigenvalue weighted by Crippen LogP contribution is -2.29. The first kappa shape index (κ1) is 21.1. The SMILES string of the molecule is CCS(=O)(=O)N(C)Cc1nc(NC)cc([C@@H]2CC(=O)N(c3ccc(F)cc3)C2)n1. The van der Waals surface area contributed by atoms with Crippen LogP contribution in [0.3, 0.4) is 0 Å². The second-order valence-corrected chi connectivity index (χ2v) is 9.25. The van der Waals surface area contributed by atoms with Gasteiger partial charge in [0.15, 0.2) is 0 Å². The van der Waals surface area contributed by atoms with Gasteiger partial charge in [0, 0.05) is 44.7 Å². The Morgan fingerprint density at radius 3 is 2.59 bits per heavy atom. The topological polar surface area (TPSA) is 95.5 Å². The summed E-state index contributed by atoms with van der Waals surface area (Å²) in [6.07, 6.45) is 0.264. The highest BCUT2D eigenvalue weighted by atomic mass is 32.2. The van der Waals surface area contributed by atoms with Gasteiger partial charge in [-0.1, -0.05) is 0 Å². The fourth-order valence-electron chi connectivity index (χ4n) is 3.22. The van der Waals surface area contributed by atoms with Gasteiger partial charge in [-0.05, 0) is 31.2 Å². The molecule has 1 N–H and O–H groups in total. The summed E-state index contributed by atoms with van der Waals surface area (Å²) >= 11 is 0. The molecule has 0 unspecified atom stereocenters. The van der Waals surface area contributed by atoms with E-state index < -0.39 is 10.0 Å². The Morgan fingerprint density at radius 1 is 1.28 bits per heavy atom. The standard InChI is InChI=1S/C19H24FN5O3S/c1-4-29(27,28)24(3)12-18-22-16(10-17(21-2)23-18)13-9-19(26)25(11-13)15-7-5-14(20)6-8-15/h5-8,10,13H,4,9,11-12H2,1-3H3,(H,21,22,23)/t13-/m1/s1. The normalized spacial score (nSPS) is 17.2. The maximum Gasteiger partial charge on any atom is 0.227 e. The Hall–Kier alpha value is -2.59. The van der Waals surface area contributed by atoms with Crippen LogP contribution in [-0.4, -0.2) is 55.0 Å². The van der Waals surface area contributed by atoms with E-state index in [1.165, 1.54) is 23.5 Å². The number of anilines is 2. The molecule has 1 aromatic carbocycles. The van der Waals surface area contributed by atoms with Crippen molar-refractivity contribution in [2.75, 3.05) is 36.6 Å². The summed E-state index contributed by atoms with van der Waals surface area (Å²) in [6.45, 7) is 2.03. The lowest BCUT2D eigenvalue weighted by Gasteiger charge is -2.18. The van der Waals surface area contributed by atoms with Crippen LogP contribution in [0.1, 0.15) is 30.8 Å².